The number of benzene rings is 2. The van der Waals surface area contributed by atoms with Crippen molar-refractivity contribution in [1.82, 2.24) is 15.0 Å². The molecule has 0 amide bonds. The van der Waals surface area contributed by atoms with Crippen LogP contribution in [0.25, 0.3) is 33.1 Å². The molecule has 0 spiro atoms. The first-order valence-electron chi connectivity index (χ1n) is 6.47. The highest BCUT2D eigenvalue weighted by Crippen LogP contribution is 2.24. The van der Waals surface area contributed by atoms with E-state index in [9.17, 15) is 0 Å². The smallest absolute Gasteiger partial charge is 0.159 e. The molecular weight excluding hydrogens is 246 g/mol. The average molecular weight is 257 g/mol. The maximum absolute atomic E-state index is 4.73. The minimum absolute atomic E-state index is 0.752. The van der Waals surface area contributed by atoms with Crippen molar-refractivity contribution >= 4 is 21.7 Å². The van der Waals surface area contributed by atoms with Crippen LogP contribution >= 0.6 is 0 Å². The van der Waals surface area contributed by atoms with Gasteiger partial charge >= 0.3 is 0 Å². The summed E-state index contributed by atoms with van der Waals surface area (Å²) in [6, 6.07) is 16.1. The van der Waals surface area contributed by atoms with Crippen LogP contribution in [0.15, 0.2) is 67.1 Å². The number of fused-ring (bicyclic) bond motifs is 3. The summed E-state index contributed by atoms with van der Waals surface area (Å²) in [5.74, 6) is 0.752. The molecular formula is C17H11N3. The van der Waals surface area contributed by atoms with Crippen molar-refractivity contribution in [3.63, 3.8) is 0 Å². The lowest BCUT2D eigenvalue weighted by Gasteiger charge is -2.05. The Bertz CT molecular complexity index is 901. The van der Waals surface area contributed by atoms with Crippen LogP contribution in [-0.2, 0) is 0 Å². The van der Waals surface area contributed by atoms with Gasteiger partial charge in [0.25, 0.3) is 0 Å². The zero-order valence-corrected chi connectivity index (χ0v) is 10.7. The van der Waals surface area contributed by atoms with Gasteiger partial charge in [-0.05, 0) is 6.07 Å². The van der Waals surface area contributed by atoms with Crippen molar-refractivity contribution < 1.29 is 0 Å². The Morgan fingerprint density at radius 1 is 0.750 bits per heavy atom. The molecule has 0 aliphatic rings. The summed E-state index contributed by atoms with van der Waals surface area (Å²) in [5, 5.41) is 3.25. The quantitative estimate of drug-likeness (QED) is 0.486. The first kappa shape index (κ1) is 11.1. The Morgan fingerprint density at radius 2 is 1.60 bits per heavy atom. The Labute approximate surface area is 116 Å². The molecule has 94 valence electrons. The van der Waals surface area contributed by atoms with Crippen molar-refractivity contribution in [3.05, 3.63) is 67.1 Å². The predicted molar refractivity (Wildman–Crippen MR) is 80.3 cm³/mol. The number of aromatic nitrogens is 3. The molecule has 0 radical (unpaired) electrons. The molecule has 0 saturated carbocycles. The van der Waals surface area contributed by atoms with Gasteiger partial charge in [-0.25, -0.2) is 9.97 Å². The molecule has 0 unspecified atom stereocenters. The topological polar surface area (TPSA) is 38.7 Å². The van der Waals surface area contributed by atoms with E-state index < -0.39 is 0 Å². The van der Waals surface area contributed by atoms with E-state index in [1.807, 2.05) is 54.9 Å². The highest BCUT2D eigenvalue weighted by Gasteiger charge is 2.05. The van der Waals surface area contributed by atoms with Gasteiger partial charge in [-0.2, -0.15) is 0 Å². The van der Waals surface area contributed by atoms with Crippen molar-refractivity contribution in [2.45, 2.75) is 0 Å². The molecule has 0 bridgehead atoms. The molecule has 0 aliphatic carbocycles. The molecule has 4 aromatic rings. The van der Waals surface area contributed by atoms with Crippen molar-refractivity contribution in [1.29, 1.82) is 0 Å². The van der Waals surface area contributed by atoms with Gasteiger partial charge in [0.2, 0.25) is 0 Å². The van der Waals surface area contributed by atoms with Crippen molar-refractivity contribution in [2.24, 2.45) is 0 Å². The van der Waals surface area contributed by atoms with Crippen LogP contribution in [0, 0.1) is 0 Å². The molecule has 3 nitrogen and oxygen atoms in total. The van der Waals surface area contributed by atoms with Gasteiger partial charge in [0.1, 0.15) is 0 Å². The zero-order chi connectivity index (χ0) is 13.4. The maximum Gasteiger partial charge on any atom is 0.159 e. The highest BCUT2D eigenvalue weighted by atomic mass is 14.9. The molecule has 0 fully saturated rings. The Hall–Kier alpha value is -2.81. The van der Waals surface area contributed by atoms with E-state index in [1.54, 1.807) is 6.20 Å². The van der Waals surface area contributed by atoms with Gasteiger partial charge in [-0.3, -0.25) is 4.98 Å². The lowest BCUT2D eigenvalue weighted by atomic mass is 10.1. The zero-order valence-electron chi connectivity index (χ0n) is 10.7. The summed E-state index contributed by atoms with van der Waals surface area (Å²) in [6.07, 6.45) is 5.54. The van der Waals surface area contributed by atoms with Crippen LogP contribution in [0.5, 0.6) is 0 Å². The second-order valence-electron chi connectivity index (χ2n) is 4.66. The Balaban J connectivity index is 2.05. The third-order valence-corrected chi connectivity index (χ3v) is 3.40. The van der Waals surface area contributed by atoms with E-state index >= 15 is 0 Å². The molecule has 4 rings (SSSR count). The van der Waals surface area contributed by atoms with E-state index in [4.69, 9.17) is 4.98 Å². The minimum atomic E-state index is 0.752. The van der Waals surface area contributed by atoms with Gasteiger partial charge in [0.05, 0.1) is 5.52 Å². The summed E-state index contributed by atoms with van der Waals surface area (Å²) in [5.41, 5.74) is 2.00. The van der Waals surface area contributed by atoms with Gasteiger partial charge in [-0.1, -0.05) is 42.5 Å². The van der Waals surface area contributed by atoms with Crippen LogP contribution < -0.4 is 0 Å². The van der Waals surface area contributed by atoms with E-state index in [1.165, 1.54) is 0 Å². The number of hydrogen-bond acceptors (Lipinski definition) is 3. The molecule has 2 aromatic heterocycles. The second kappa shape index (κ2) is 4.38. The van der Waals surface area contributed by atoms with Crippen LogP contribution in [0.3, 0.4) is 0 Å². The molecule has 2 aromatic carbocycles. The Kier molecular flexibility index (Phi) is 2.42. The van der Waals surface area contributed by atoms with E-state index in [2.05, 4.69) is 16.0 Å². The molecule has 20 heavy (non-hydrogen) atoms. The van der Waals surface area contributed by atoms with Crippen molar-refractivity contribution in [3.8, 4) is 11.4 Å². The average Bonchev–Trinajstić information content (AvgIpc) is 2.55. The summed E-state index contributed by atoms with van der Waals surface area (Å²) < 4.78 is 0. The van der Waals surface area contributed by atoms with Gasteiger partial charge in [0.15, 0.2) is 5.82 Å². The van der Waals surface area contributed by atoms with Gasteiger partial charge in [0, 0.05) is 40.3 Å². The molecule has 2 heterocycles. The first-order chi connectivity index (χ1) is 9.92. The maximum atomic E-state index is 4.73. The fourth-order valence-corrected chi connectivity index (χ4v) is 2.39. The standard InChI is InChI=1S/C17H11N3/c1-2-4-12(5-3-1)17-19-11-14-7-6-13-10-18-9-8-15(13)16(14)20-17/h1-11H. The predicted octanol–water partition coefficient (Wildman–Crippen LogP) is 3.85. The number of rotatable bonds is 1. The largest absolute Gasteiger partial charge is 0.264 e. The number of nitrogens with zero attached hydrogens (tertiary/aromatic N) is 3. The lowest BCUT2D eigenvalue weighted by molar-refractivity contribution is 1.23. The third-order valence-electron chi connectivity index (χ3n) is 3.40. The summed E-state index contributed by atoms with van der Waals surface area (Å²) in [7, 11) is 0. The monoisotopic (exact) mass is 257 g/mol. The van der Waals surface area contributed by atoms with E-state index in [0.29, 0.717) is 0 Å². The first-order valence-corrected chi connectivity index (χ1v) is 6.47. The van der Waals surface area contributed by atoms with Crippen LogP contribution in [0.4, 0.5) is 0 Å². The molecule has 3 heteroatoms. The second-order valence-corrected chi connectivity index (χ2v) is 4.66. The van der Waals surface area contributed by atoms with E-state index in [0.717, 1.165) is 33.1 Å². The van der Waals surface area contributed by atoms with Crippen LogP contribution in [-0.4, -0.2) is 15.0 Å². The summed E-state index contributed by atoms with van der Waals surface area (Å²) >= 11 is 0. The normalized spacial score (nSPS) is 11.0. The number of hydrogen-bond donors (Lipinski definition) is 0. The fraction of sp³-hybridized carbons (Fsp3) is 0. The van der Waals surface area contributed by atoms with Crippen molar-refractivity contribution in [2.75, 3.05) is 0 Å². The minimum Gasteiger partial charge on any atom is -0.264 e. The lowest BCUT2D eigenvalue weighted by Crippen LogP contribution is -1.90. The summed E-state index contributed by atoms with van der Waals surface area (Å²) in [4.78, 5) is 13.3. The molecule has 0 atom stereocenters. The van der Waals surface area contributed by atoms with E-state index in [-0.39, 0.29) is 0 Å². The molecule has 0 N–H and O–H groups in total. The molecule has 0 aliphatic heterocycles. The van der Waals surface area contributed by atoms with Crippen LogP contribution in [0.1, 0.15) is 0 Å². The third kappa shape index (κ3) is 1.72. The number of pyridine rings is 1. The van der Waals surface area contributed by atoms with Crippen LogP contribution in [0.2, 0.25) is 0 Å². The fourth-order valence-electron chi connectivity index (χ4n) is 2.39. The summed E-state index contributed by atoms with van der Waals surface area (Å²) in [6.45, 7) is 0. The molecule has 0 saturated heterocycles. The van der Waals surface area contributed by atoms with Gasteiger partial charge in [-0.15, -0.1) is 0 Å². The SMILES string of the molecule is c1ccc(-c2ncc3ccc4cnccc4c3n2)cc1. The Morgan fingerprint density at radius 3 is 2.50 bits per heavy atom. The highest BCUT2D eigenvalue weighted by molar-refractivity contribution is 6.04. The van der Waals surface area contributed by atoms with Gasteiger partial charge < -0.3 is 0 Å².